The Labute approximate surface area is 126 Å². The summed E-state index contributed by atoms with van der Waals surface area (Å²) in [5.41, 5.74) is 6.74. The van der Waals surface area contributed by atoms with E-state index in [9.17, 15) is 9.59 Å². The second-order valence-electron chi connectivity index (χ2n) is 5.24. The number of hydrogen-bond donors (Lipinski definition) is 1. The van der Waals surface area contributed by atoms with Crippen LogP contribution in [0.25, 0.3) is 10.9 Å². The molecule has 0 bridgehead atoms. The normalized spacial score (nSPS) is 15.2. The van der Waals surface area contributed by atoms with Gasteiger partial charge in [-0.15, -0.1) is 11.6 Å². The van der Waals surface area contributed by atoms with E-state index in [0.29, 0.717) is 36.2 Å². The van der Waals surface area contributed by atoms with Crippen LogP contribution in [0, 0.1) is 5.92 Å². The highest BCUT2D eigenvalue weighted by Crippen LogP contribution is 2.19. The third-order valence-corrected chi connectivity index (χ3v) is 3.99. The fourth-order valence-electron chi connectivity index (χ4n) is 2.59. The number of aromatic nitrogens is 2. The van der Waals surface area contributed by atoms with Gasteiger partial charge in [-0.3, -0.25) is 14.2 Å². The minimum Gasteiger partial charge on any atom is -0.397 e. The van der Waals surface area contributed by atoms with Gasteiger partial charge in [0.05, 0.1) is 17.4 Å². The summed E-state index contributed by atoms with van der Waals surface area (Å²) in [7, 11) is 0. The quantitative estimate of drug-likeness (QED) is 0.668. The number of alkyl halides is 1. The first kappa shape index (κ1) is 13.9. The number of benzene rings is 1. The molecule has 1 aromatic heterocycles. The summed E-state index contributed by atoms with van der Waals surface area (Å²) >= 11 is 5.50. The highest BCUT2D eigenvalue weighted by Gasteiger charge is 2.30. The van der Waals surface area contributed by atoms with Gasteiger partial charge >= 0.3 is 0 Å². The Morgan fingerprint density at radius 2 is 2.19 bits per heavy atom. The molecule has 3 rings (SSSR count). The van der Waals surface area contributed by atoms with Crippen molar-refractivity contribution in [1.82, 2.24) is 14.5 Å². The van der Waals surface area contributed by atoms with Crippen molar-refractivity contribution in [1.29, 1.82) is 0 Å². The zero-order valence-corrected chi connectivity index (χ0v) is 12.1. The summed E-state index contributed by atoms with van der Waals surface area (Å²) in [5.74, 6) is 0.198. The first-order valence-electron chi connectivity index (χ1n) is 6.67. The van der Waals surface area contributed by atoms with Crippen molar-refractivity contribution in [3.63, 3.8) is 0 Å². The van der Waals surface area contributed by atoms with E-state index < -0.39 is 0 Å². The number of fused-ring (bicyclic) bond motifs is 1. The van der Waals surface area contributed by atoms with Gasteiger partial charge in [0.1, 0.15) is 11.4 Å². The van der Waals surface area contributed by atoms with Gasteiger partial charge in [-0.2, -0.15) is 0 Å². The maximum absolute atomic E-state index is 12.4. The van der Waals surface area contributed by atoms with Crippen molar-refractivity contribution in [2.75, 3.05) is 24.7 Å². The molecule has 7 heteroatoms. The molecule has 110 valence electrons. The highest BCUT2D eigenvalue weighted by atomic mass is 35.5. The number of nitrogens with two attached hydrogens (primary N) is 1. The summed E-state index contributed by atoms with van der Waals surface area (Å²) in [6, 6.07) is 5.19. The second-order valence-corrected chi connectivity index (χ2v) is 5.51. The molecule has 2 heterocycles. The second kappa shape index (κ2) is 5.37. The number of amides is 1. The number of halogens is 1. The lowest BCUT2D eigenvalue weighted by Crippen LogP contribution is -2.52. The molecule has 0 aliphatic carbocycles. The van der Waals surface area contributed by atoms with E-state index in [1.165, 1.54) is 6.33 Å². The topological polar surface area (TPSA) is 81.2 Å². The molecule has 1 aliphatic heterocycles. The summed E-state index contributed by atoms with van der Waals surface area (Å²) in [6.07, 6.45) is 1.52. The molecule has 0 radical (unpaired) electrons. The summed E-state index contributed by atoms with van der Waals surface area (Å²) in [5, 5.41) is 0.519. The SMILES string of the molecule is Nc1cccc2c(=O)n(CC3CN(C(=O)CCl)C3)cnc12. The van der Waals surface area contributed by atoms with E-state index in [1.54, 1.807) is 27.7 Å². The van der Waals surface area contributed by atoms with E-state index in [-0.39, 0.29) is 23.3 Å². The van der Waals surface area contributed by atoms with Crippen LogP contribution in [0.4, 0.5) is 5.69 Å². The van der Waals surface area contributed by atoms with Crippen molar-refractivity contribution < 1.29 is 4.79 Å². The molecule has 0 spiro atoms. The molecule has 2 aromatic rings. The average molecular weight is 307 g/mol. The minimum atomic E-state index is -0.102. The van der Waals surface area contributed by atoms with Crippen LogP contribution in [-0.2, 0) is 11.3 Å². The molecule has 6 nitrogen and oxygen atoms in total. The number of anilines is 1. The van der Waals surface area contributed by atoms with Gasteiger partial charge in [-0.25, -0.2) is 4.98 Å². The summed E-state index contributed by atoms with van der Waals surface area (Å²) in [6.45, 7) is 1.81. The van der Waals surface area contributed by atoms with Crippen molar-refractivity contribution >= 4 is 34.1 Å². The number of hydrogen-bond acceptors (Lipinski definition) is 4. The van der Waals surface area contributed by atoms with E-state index in [2.05, 4.69) is 4.98 Å². The molecule has 0 unspecified atom stereocenters. The fraction of sp³-hybridized carbons (Fsp3) is 0.357. The molecule has 21 heavy (non-hydrogen) atoms. The standard InChI is InChI=1S/C14H15ClN4O2/c15-4-12(20)18-5-9(6-18)7-19-8-17-13-10(14(19)21)2-1-3-11(13)16/h1-3,8-9H,4-7,16H2. The first-order valence-corrected chi connectivity index (χ1v) is 7.21. The largest absolute Gasteiger partial charge is 0.397 e. The zero-order chi connectivity index (χ0) is 15.0. The maximum atomic E-state index is 12.4. The van der Waals surface area contributed by atoms with Crippen LogP contribution in [-0.4, -0.2) is 39.3 Å². The van der Waals surface area contributed by atoms with Gasteiger partial charge in [-0.1, -0.05) is 6.07 Å². The molecule has 1 fully saturated rings. The Kier molecular flexibility index (Phi) is 3.55. The number of carbonyl (C=O) groups is 1. The third-order valence-electron chi connectivity index (χ3n) is 3.76. The van der Waals surface area contributed by atoms with Gasteiger partial charge in [-0.05, 0) is 12.1 Å². The Hall–Kier alpha value is -2.08. The van der Waals surface area contributed by atoms with Gasteiger partial charge in [0.2, 0.25) is 5.91 Å². The minimum absolute atomic E-state index is 0.00345. The number of carbonyl (C=O) groups excluding carboxylic acids is 1. The van der Waals surface area contributed by atoms with Gasteiger partial charge < -0.3 is 10.6 Å². The van der Waals surface area contributed by atoms with E-state index >= 15 is 0 Å². The molecular weight excluding hydrogens is 292 g/mol. The first-order chi connectivity index (χ1) is 10.1. The Morgan fingerprint density at radius 1 is 1.43 bits per heavy atom. The number of nitrogen functional groups attached to an aromatic ring is 1. The monoisotopic (exact) mass is 306 g/mol. The molecule has 0 atom stereocenters. The molecule has 1 saturated heterocycles. The lowest BCUT2D eigenvalue weighted by molar-refractivity contribution is -0.134. The Bertz CT molecular complexity index is 752. The lowest BCUT2D eigenvalue weighted by atomic mass is 10.00. The van der Waals surface area contributed by atoms with Gasteiger partial charge in [0.25, 0.3) is 5.56 Å². The fourth-order valence-corrected chi connectivity index (χ4v) is 2.76. The molecule has 2 N–H and O–H groups in total. The number of para-hydroxylation sites is 1. The maximum Gasteiger partial charge on any atom is 0.261 e. The van der Waals surface area contributed by atoms with Crippen LogP contribution < -0.4 is 11.3 Å². The predicted octanol–water partition coefficient (Wildman–Crippen LogP) is 0.676. The van der Waals surface area contributed by atoms with Crippen molar-refractivity contribution in [2.45, 2.75) is 6.54 Å². The van der Waals surface area contributed by atoms with Crippen LogP contribution in [0.3, 0.4) is 0 Å². The van der Waals surface area contributed by atoms with Crippen LogP contribution in [0.1, 0.15) is 0 Å². The molecular formula is C14H15ClN4O2. The van der Waals surface area contributed by atoms with E-state index in [1.807, 2.05) is 0 Å². The van der Waals surface area contributed by atoms with Gasteiger partial charge in [0.15, 0.2) is 0 Å². The Morgan fingerprint density at radius 3 is 2.90 bits per heavy atom. The van der Waals surface area contributed by atoms with Crippen molar-refractivity contribution in [3.05, 3.63) is 34.9 Å². The lowest BCUT2D eigenvalue weighted by Gasteiger charge is -2.39. The van der Waals surface area contributed by atoms with Crippen LogP contribution in [0.2, 0.25) is 0 Å². The molecule has 0 saturated carbocycles. The molecule has 1 aliphatic rings. The van der Waals surface area contributed by atoms with Crippen LogP contribution >= 0.6 is 11.6 Å². The predicted molar refractivity (Wildman–Crippen MR) is 81.2 cm³/mol. The average Bonchev–Trinajstić information content (AvgIpc) is 2.44. The van der Waals surface area contributed by atoms with E-state index in [0.717, 1.165) is 0 Å². The van der Waals surface area contributed by atoms with Crippen molar-refractivity contribution in [3.8, 4) is 0 Å². The third kappa shape index (κ3) is 2.47. The van der Waals surface area contributed by atoms with E-state index in [4.69, 9.17) is 17.3 Å². The zero-order valence-electron chi connectivity index (χ0n) is 11.3. The highest BCUT2D eigenvalue weighted by molar-refractivity contribution is 6.27. The van der Waals surface area contributed by atoms with Crippen LogP contribution in [0.5, 0.6) is 0 Å². The number of rotatable bonds is 3. The number of likely N-dealkylation sites (tertiary alicyclic amines) is 1. The number of nitrogens with zero attached hydrogens (tertiary/aromatic N) is 3. The molecule has 1 aromatic carbocycles. The van der Waals surface area contributed by atoms with Gasteiger partial charge in [0, 0.05) is 25.6 Å². The van der Waals surface area contributed by atoms with Crippen molar-refractivity contribution in [2.24, 2.45) is 5.92 Å². The summed E-state index contributed by atoms with van der Waals surface area (Å²) in [4.78, 5) is 29.7. The molecule has 1 amide bonds. The Balaban J connectivity index is 1.79. The smallest absolute Gasteiger partial charge is 0.261 e. The summed E-state index contributed by atoms with van der Waals surface area (Å²) < 4.78 is 1.58. The van der Waals surface area contributed by atoms with Crippen LogP contribution in [0.15, 0.2) is 29.3 Å².